The summed E-state index contributed by atoms with van der Waals surface area (Å²) in [6.45, 7) is 3.50. The van der Waals surface area contributed by atoms with Crippen molar-refractivity contribution in [3.8, 4) is 0 Å². The molecule has 0 amide bonds. The van der Waals surface area contributed by atoms with Gasteiger partial charge in [0.15, 0.2) is 0 Å². The minimum absolute atomic E-state index is 0.0826. The number of carbonyl (C=O) groups excluding carboxylic acids is 1. The summed E-state index contributed by atoms with van der Waals surface area (Å²) in [6, 6.07) is 0. The highest BCUT2D eigenvalue weighted by molar-refractivity contribution is 5.69. The van der Waals surface area contributed by atoms with E-state index < -0.39 is 0 Å². The van der Waals surface area contributed by atoms with E-state index in [1.807, 2.05) is 0 Å². The number of esters is 1. The third-order valence-electron chi connectivity index (χ3n) is 3.93. The number of hydrogen-bond acceptors (Lipinski definition) is 2. The lowest BCUT2D eigenvalue weighted by Gasteiger charge is -2.23. The van der Waals surface area contributed by atoms with Crippen LogP contribution in [0.5, 0.6) is 0 Å². The predicted molar refractivity (Wildman–Crippen MR) is 122 cm³/mol. The van der Waals surface area contributed by atoms with Crippen molar-refractivity contribution in [2.75, 3.05) is 34.3 Å². The Hall–Kier alpha value is -1.87. The Labute approximate surface area is 173 Å². The van der Waals surface area contributed by atoms with Gasteiger partial charge in [-0.25, -0.2) is 0 Å². The quantitative estimate of drug-likeness (QED) is 0.137. The molecule has 0 saturated heterocycles. The van der Waals surface area contributed by atoms with Gasteiger partial charge in [-0.2, -0.15) is 0 Å². The largest absolute Gasteiger partial charge is 0.460 e. The second-order valence-electron chi connectivity index (χ2n) is 7.83. The summed E-state index contributed by atoms with van der Waals surface area (Å²) in [5, 5.41) is 0. The smallest absolute Gasteiger partial charge is 0.306 e. The molecule has 0 aliphatic heterocycles. The number of nitrogens with zero attached hydrogens (tertiary/aromatic N) is 1. The van der Waals surface area contributed by atoms with Gasteiger partial charge in [0.1, 0.15) is 13.2 Å². The van der Waals surface area contributed by atoms with Crippen molar-refractivity contribution < 1.29 is 14.0 Å². The van der Waals surface area contributed by atoms with Crippen molar-refractivity contribution in [1.82, 2.24) is 0 Å². The maximum absolute atomic E-state index is 11.6. The van der Waals surface area contributed by atoms with Gasteiger partial charge in [-0.3, -0.25) is 4.79 Å². The standard InChI is InChI=1S/C25H42NO2/c1-5-6-7-8-9-10-11-12-13-14-15-16-17-18-19-20-21-22-25(27)28-24-23-26(2,3)4/h6-7,9-10,12-13,15-16,18-19H,5,8,11,14,17,20-24H2,1-4H3/q+1. The van der Waals surface area contributed by atoms with Gasteiger partial charge in [-0.1, -0.05) is 67.7 Å². The van der Waals surface area contributed by atoms with Crippen LogP contribution in [0.4, 0.5) is 0 Å². The van der Waals surface area contributed by atoms with E-state index in [2.05, 4.69) is 88.8 Å². The minimum Gasteiger partial charge on any atom is -0.460 e. The Morgan fingerprint density at radius 2 is 1.21 bits per heavy atom. The number of carbonyl (C=O) groups is 1. The highest BCUT2D eigenvalue weighted by Gasteiger charge is 2.08. The third kappa shape index (κ3) is 22.2. The molecule has 0 aliphatic carbocycles. The normalized spacial score (nSPS) is 13.1. The Balaban J connectivity index is 3.55. The molecule has 28 heavy (non-hydrogen) atoms. The zero-order chi connectivity index (χ0) is 20.9. The number of quaternary nitrogens is 1. The van der Waals surface area contributed by atoms with Crippen molar-refractivity contribution in [1.29, 1.82) is 0 Å². The average molecular weight is 389 g/mol. The molecule has 0 heterocycles. The molecule has 0 atom stereocenters. The summed E-state index contributed by atoms with van der Waals surface area (Å²) in [6.07, 6.45) is 29.3. The van der Waals surface area contributed by atoms with E-state index in [9.17, 15) is 4.79 Å². The summed E-state index contributed by atoms with van der Waals surface area (Å²) in [5.74, 6) is -0.0826. The van der Waals surface area contributed by atoms with Crippen LogP contribution in [-0.2, 0) is 9.53 Å². The fourth-order valence-electron chi connectivity index (χ4n) is 2.24. The summed E-state index contributed by atoms with van der Waals surface area (Å²) < 4.78 is 6.06. The first kappa shape index (κ1) is 26.1. The molecule has 0 aliphatic rings. The van der Waals surface area contributed by atoms with Gasteiger partial charge in [0.05, 0.1) is 21.1 Å². The van der Waals surface area contributed by atoms with Crippen LogP contribution in [0.3, 0.4) is 0 Å². The summed E-state index contributed by atoms with van der Waals surface area (Å²) in [7, 11) is 6.28. The zero-order valence-electron chi connectivity index (χ0n) is 18.6. The van der Waals surface area contributed by atoms with Gasteiger partial charge in [0, 0.05) is 6.42 Å². The highest BCUT2D eigenvalue weighted by Crippen LogP contribution is 2.01. The van der Waals surface area contributed by atoms with Crippen LogP contribution in [-0.4, -0.2) is 44.7 Å². The van der Waals surface area contributed by atoms with E-state index >= 15 is 0 Å². The molecule has 0 aromatic carbocycles. The molecule has 3 heteroatoms. The van der Waals surface area contributed by atoms with E-state index in [4.69, 9.17) is 4.74 Å². The highest BCUT2D eigenvalue weighted by atomic mass is 16.5. The summed E-state index contributed by atoms with van der Waals surface area (Å²) in [4.78, 5) is 11.6. The van der Waals surface area contributed by atoms with Gasteiger partial charge >= 0.3 is 5.97 Å². The van der Waals surface area contributed by atoms with E-state index in [-0.39, 0.29) is 5.97 Å². The molecule has 0 saturated carbocycles. The van der Waals surface area contributed by atoms with Crippen LogP contribution in [0.25, 0.3) is 0 Å². The first-order valence-electron chi connectivity index (χ1n) is 10.7. The van der Waals surface area contributed by atoms with Crippen molar-refractivity contribution in [3.63, 3.8) is 0 Å². The van der Waals surface area contributed by atoms with Crippen LogP contribution in [0.15, 0.2) is 60.8 Å². The molecular weight excluding hydrogens is 346 g/mol. The number of likely N-dealkylation sites (N-methyl/N-ethyl adjacent to an activating group) is 1. The average Bonchev–Trinajstić information content (AvgIpc) is 2.63. The van der Waals surface area contributed by atoms with Crippen molar-refractivity contribution in [3.05, 3.63) is 60.8 Å². The van der Waals surface area contributed by atoms with Crippen LogP contribution in [0.1, 0.15) is 58.3 Å². The third-order valence-corrected chi connectivity index (χ3v) is 3.93. The maximum Gasteiger partial charge on any atom is 0.306 e. The lowest BCUT2D eigenvalue weighted by atomic mass is 10.2. The van der Waals surface area contributed by atoms with Gasteiger partial charge in [-0.15, -0.1) is 0 Å². The van der Waals surface area contributed by atoms with Crippen molar-refractivity contribution in [2.24, 2.45) is 0 Å². The van der Waals surface area contributed by atoms with E-state index in [1.54, 1.807) is 0 Å². The van der Waals surface area contributed by atoms with Crippen LogP contribution in [0, 0.1) is 0 Å². The molecule has 0 radical (unpaired) electrons. The van der Waals surface area contributed by atoms with Gasteiger partial charge in [-0.05, 0) is 44.9 Å². The molecule has 0 aromatic heterocycles. The second-order valence-corrected chi connectivity index (χ2v) is 7.83. The Morgan fingerprint density at radius 1 is 0.750 bits per heavy atom. The zero-order valence-corrected chi connectivity index (χ0v) is 18.6. The Kier molecular flexibility index (Phi) is 17.3. The monoisotopic (exact) mass is 388 g/mol. The fourth-order valence-corrected chi connectivity index (χ4v) is 2.24. The topological polar surface area (TPSA) is 26.3 Å². The molecule has 0 aromatic rings. The number of unbranched alkanes of at least 4 members (excludes halogenated alkanes) is 1. The summed E-state index contributed by atoms with van der Waals surface area (Å²) >= 11 is 0. The minimum atomic E-state index is -0.0826. The predicted octanol–water partition coefficient (Wildman–Crippen LogP) is 6.16. The van der Waals surface area contributed by atoms with Crippen LogP contribution < -0.4 is 0 Å². The molecule has 0 bridgehead atoms. The molecule has 0 fully saturated rings. The van der Waals surface area contributed by atoms with Crippen molar-refractivity contribution >= 4 is 5.97 Å². The molecule has 158 valence electrons. The fraction of sp³-hybridized carbons (Fsp3) is 0.560. The van der Waals surface area contributed by atoms with E-state index in [0.717, 1.165) is 56.0 Å². The number of hydrogen-bond donors (Lipinski definition) is 0. The molecule has 0 unspecified atom stereocenters. The lowest BCUT2D eigenvalue weighted by Crippen LogP contribution is -2.37. The molecule has 0 rings (SSSR count). The van der Waals surface area contributed by atoms with Crippen LogP contribution >= 0.6 is 0 Å². The Bertz CT molecular complexity index is 519. The van der Waals surface area contributed by atoms with Crippen molar-refractivity contribution in [2.45, 2.75) is 58.3 Å². The molecular formula is C25H42NO2+. The lowest BCUT2D eigenvalue weighted by molar-refractivity contribution is -0.870. The number of allylic oxidation sites excluding steroid dienone is 10. The SMILES string of the molecule is CCC=CCC=CCC=CCC=CCC=CCCCC(=O)OCC[N+](C)(C)C. The number of ether oxygens (including phenoxy) is 1. The van der Waals surface area contributed by atoms with Crippen LogP contribution in [0.2, 0.25) is 0 Å². The molecule has 3 nitrogen and oxygen atoms in total. The van der Waals surface area contributed by atoms with E-state index in [0.29, 0.717) is 13.0 Å². The first-order valence-corrected chi connectivity index (χ1v) is 10.7. The number of rotatable bonds is 16. The first-order chi connectivity index (χ1) is 13.5. The maximum atomic E-state index is 11.6. The van der Waals surface area contributed by atoms with Gasteiger partial charge in [0.25, 0.3) is 0 Å². The molecule has 0 spiro atoms. The van der Waals surface area contributed by atoms with Gasteiger partial charge < -0.3 is 9.22 Å². The summed E-state index contributed by atoms with van der Waals surface area (Å²) in [5.41, 5.74) is 0. The second kappa shape index (κ2) is 18.5. The molecule has 0 N–H and O–H groups in total. The Morgan fingerprint density at radius 3 is 1.68 bits per heavy atom. The van der Waals surface area contributed by atoms with E-state index in [1.165, 1.54) is 0 Å². The van der Waals surface area contributed by atoms with Gasteiger partial charge in [0.2, 0.25) is 0 Å².